The number of rotatable bonds is 7. The molecule has 1 unspecified atom stereocenters. The fourth-order valence-electron chi connectivity index (χ4n) is 7.12. The van der Waals surface area contributed by atoms with Gasteiger partial charge < -0.3 is 19.6 Å². The summed E-state index contributed by atoms with van der Waals surface area (Å²) < 4.78 is 52.3. The van der Waals surface area contributed by atoms with Gasteiger partial charge in [0.25, 0.3) is 5.91 Å². The molecule has 2 aromatic rings. The van der Waals surface area contributed by atoms with Crippen molar-refractivity contribution in [1.82, 2.24) is 14.7 Å². The van der Waals surface area contributed by atoms with Crippen molar-refractivity contribution in [2.45, 2.75) is 90.1 Å². The Kier molecular flexibility index (Phi) is 11.9. The van der Waals surface area contributed by atoms with Crippen molar-refractivity contribution >= 4 is 18.0 Å². The lowest BCUT2D eigenvalue weighted by Gasteiger charge is -2.52. The fourth-order valence-corrected chi connectivity index (χ4v) is 7.12. The van der Waals surface area contributed by atoms with Gasteiger partial charge >= 0.3 is 18.2 Å². The molecule has 258 valence electrons. The van der Waals surface area contributed by atoms with Crippen LogP contribution in [0.2, 0.25) is 0 Å². The Labute approximate surface area is 273 Å². The fraction of sp³-hybridized carbons (Fsp3) is 0.571. The average molecular weight is 664 g/mol. The highest BCUT2D eigenvalue weighted by Gasteiger charge is 2.50. The van der Waals surface area contributed by atoms with Gasteiger partial charge in [0.05, 0.1) is 6.54 Å². The molecule has 2 amide bonds. The van der Waals surface area contributed by atoms with Gasteiger partial charge in [-0.15, -0.1) is 0 Å². The molecule has 1 spiro atoms. The molecule has 1 N–H and O–H groups in total. The molecular weight excluding hydrogens is 618 g/mol. The molecule has 12 heteroatoms. The van der Waals surface area contributed by atoms with Crippen LogP contribution in [0, 0.1) is 25.6 Å². The normalized spacial score (nSPS) is 20.4. The Balaban J connectivity index is 0.000000644. The number of carboxylic acid groups (broad SMARTS) is 1. The van der Waals surface area contributed by atoms with Gasteiger partial charge in [-0.05, 0) is 50.3 Å². The number of nitrogens with zero attached hydrogens (tertiary/aromatic N) is 3. The SMILES string of the molecule is CCCCC1CN(Cc2ccccc2F)C(=O)OC12CCN(C1CCN(C(=O)c3c(C)cccc3C)CC1)CC2.O=C(O)C(F)(F)F. The molecule has 3 aliphatic heterocycles. The van der Waals surface area contributed by atoms with Gasteiger partial charge in [0.1, 0.15) is 11.4 Å². The lowest BCUT2D eigenvalue weighted by Crippen LogP contribution is -2.61. The van der Waals surface area contributed by atoms with Crippen molar-refractivity contribution in [1.29, 1.82) is 0 Å². The van der Waals surface area contributed by atoms with E-state index in [0.717, 1.165) is 87.8 Å². The summed E-state index contributed by atoms with van der Waals surface area (Å²) in [6.45, 7) is 10.4. The van der Waals surface area contributed by atoms with E-state index in [0.29, 0.717) is 18.2 Å². The van der Waals surface area contributed by atoms with Crippen LogP contribution < -0.4 is 0 Å². The highest BCUT2D eigenvalue weighted by atomic mass is 19.4. The molecule has 5 rings (SSSR count). The van der Waals surface area contributed by atoms with Gasteiger partial charge in [0.15, 0.2) is 0 Å². The molecule has 3 saturated heterocycles. The third kappa shape index (κ3) is 8.82. The Morgan fingerprint density at radius 2 is 1.57 bits per heavy atom. The number of carbonyl (C=O) groups is 3. The van der Waals surface area contributed by atoms with E-state index in [4.69, 9.17) is 14.6 Å². The second-order valence-corrected chi connectivity index (χ2v) is 12.9. The van der Waals surface area contributed by atoms with Gasteiger partial charge in [-0.25, -0.2) is 14.0 Å². The van der Waals surface area contributed by atoms with Crippen LogP contribution in [-0.4, -0.2) is 88.3 Å². The molecule has 3 heterocycles. The number of amides is 2. The topological polar surface area (TPSA) is 90.4 Å². The molecule has 0 radical (unpaired) electrons. The number of hydrogen-bond acceptors (Lipinski definition) is 5. The molecule has 3 aliphatic rings. The van der Waals surface area contributed by atoms with Crippen LogP contribution >= 0.6 is 0 Å². The van der Waals surface area contributed by atoms with E-state index in [9.17, 15) is 27.2 Å². The standard InChI is InChI=1S/C33H44FN3O3.C2HF3O2/c1-4-5-12-27-23-37(22-26-11-6-7-13-29(26)34)32(39)40-33(27)16-20-35(21-17-33)28-14-18-36(19-15-28)31(38)30-24(2)9-8-10-25(30)3;3-2(4,5)1(6)7/h6-11,13,27-28H,4-5,12,14-23H2,1-3H3;(H,6,7). The van der Waals surface area contributed by atoms with Gasteiger partial charge in [-0.2, -0.15) is 13.2 Å². The maximum atomic E-state index is 14.3. The predicted molar refractivity (Wildman–Crippen MR) is 168 cm³/mol. The summed E-state index contributed by atoms with van der Waals surface area (Å²) in [5.74, 6) is -2.64. The summed E-state index contributed by atoms with van der Waals surface area (Å²) in [4.78, 5) is 41.6. The van der Waals surface area contributed by atoms with Crippen LogP contribution in [0.1, 0.15) is 78.9 Å². The number of carbonyl (C=O) groups excluding carboxylic acids is 2. The number of piperidine rings is 2. The zero-order valence-corrected chi connectivity index (χ0v) is 27.3. The largest absolute Gasteiger partial charge is 0.490 e. The number of carboxylic acids is 1. The maximum absolute atomic E-state index is 14.3. The van der Waals surface area contributed by atoms with Crippen molar-refractivity contribution in [3.8, 4) is 0 Å². The van der Waals surface area contributed by atoms with Crippen molar-refractivity contribution in [3.63, 3.8) is 0 Å². The summed E-state index contributed by atoms with van der Waals surface area (Å²) in [6, 6.07) is 13.2. The predicted octanol–water partition coefficient (Wildman–Crippen LogP) is 6.97. The van der Waals surface area contributed by atoms with Crippen LogP contribution in [-0.2, 0) is 16.1 Å². The molecule has 0 bridgehead atoms. The number of aliphatic carboxylic acids is 1. The summed E-state index contributed by atoms with van der Waals surface area (Å²) in [5, 5.41) is 7.12. The number of benzene rings is 2. The lowest BCUT2D eigenvalue weighted by molar-refractivity contribution is -0.192. The Hall–Kier alpha value is -3.67. The molecule has 0 aliphatic carbocycles. The third-order valence-electron chi connectivity index (χ3n) is 9.81. The first-order valence-electron chi connectivity index (χ1n) is 16.4. The van der Waals surface area contributed by atoms with Crippen molar-refractivity contribution in [2.75, 3.05) is 32.7 Å². The first-order valence-corrected chi connectivity index (χ1v) is 16.4. The Bertz CT molecular complexity index is 1380. The van der Waals surface area contributed by atoms with Crippen LogP contribution in [0.5, 0.6) is 0 Å². The average Bonchev–Trinajstić information content (AvgIpc) is 3.03. The summed E-state index contributed by atoms with van der Waals surface area (Å²) in [5.41, 5.74) is 3.03. The molecule has 3 fully saturated rings. The first kappa shape index (κ1) is 36.2. The minimum Gasteiger partial charge on any atom is -0.475 e. The quantitative estimate of drug-likeness (QED) is 0.322. The lowest BCUT2D eigenvalue weighted by atomic mass is 9.75. The zero-order chi connectivity index (χ0) is 34.4. The number of ether oxygens (including phenoxy) is 1. The smallest absolute Gasteiger partial charge is 0.475 e. The minimum absolute atomic E-state index is 0.152. The van der Waals surface area contributed by atoms with E-state index in [1.165, 1.54) is 6.07 Å². The summed E-state index contributed by atoms with van der Waals surface area (Å²) in [7, 11) is 0. The molecule has 0 saturated carbocycles. The Morgan fingerprint density at radius 1 is 0.979 bits per heavy atom. The number of aryl methyl sites for hydroxylation is 2. The van der Waals surface area contributed by atoms with E-state index in [-0.39, 0.29) is 30.3 Å². The van der Waals surface area contributed by atoms with E-state index >= 15 is 0 Å². The van der Waals surface area contributed by atoms with Gasteiger partial charge in [0.2, 0.25) is 0 Å². The van der Waals surface area contributed by atoms with Crippen LogP contribution in [0.3, 0.4) is 0 Å². The number of alkyl halides is 3. The molecule has 8 nitrogen and oxygen atoms in total. The highest BCUT2D eigenvalue weighted by Crippen LogP contribution is 2.42. The van der Waals surface area contributed by atoms with Crippen LogP contribution in [0.4, 0.5) is 22.4 Å². The zero-order valence-electron chi connectivity index (χ0n) is 27.3. The van der Waals surface area contributed by atoms with Gasteiger partial charge in [0, 0.05) is 68.7 Å². The maximum Gasteiger partial charge on any atom is 0.490 e. The number of likely N-dealkylation sites (tertiary alicyclic amines) is 2. The van der Waals surface area contributed by atoms with Crippen LogP contribution in [0.15, 0.2) is 42.5 Å². The summed E-state index contributed by atoms with van der Waals surface area (Å²) in [6.07, 6.45) is 1.41. The molecule has 0 aromatic heterocycles. The van der Waals surface area contributed by atoms with E-state index in [2.05, 4.69) is 11.8 Å². The molecule has 1 atom stereocenters. The Morgan fingerprint density at radius 3 is 2.13 bits per heavy atom. The number of hydrogen-bond donors (Lipinski definition) is 1. The van der Waals surface area contributed by atoms with Gasteiger partial charge in [-0.1, -0.05) is 56.2 Å². The monoisotopic (exact) mass is 663 g/mol. The molecule has 47 heavy (non-hydrogen) atoms. The van der Waals surface area contributed by atoms with Crippen molar-refractivity contribution < 1.29 is 41.8 Å². The van der Waals surface area contributed by atoms with Crippen LogP contribution in [0.25, 0.3) is 0 Å². The molecule has 2 aromatic carbocycles. The second-order valence-electron chi connectivity index (χ2n) is 12.9. The van der Waals surface area contributed by atoms with E-state index < -0.39 is 17.7 Å². The number of unbranched alkanes of at least 4 members (excludes halogenated alkanes) is 1. The van der Waals surface area contributed by atoms with Crippen molar-refractivity contribution in [3.05, 3.63) is 70.5 Å². The highest BCUT2D eigenvalue weighted by molar-refractivity contribution is 5.97. The first-order chi connectivity index (χ1) is 22.3. The second kappa shape index (κ2) is 15.5. The third-order valence-corrected chi connectivity index (χ3v) is 9.81. The number of halogens is 4. The van der Waals surface area contributed by atoms with E-state index in [1.54, 1.807) is 17.0 Å². The minimum atomic E-state index is -5.08. The van der Waals surface area contributed by atoms with E-state index in [1.807, 2.05) is 43.0 Å². The summed E-state index contributed by atoms with van der Waals surface area (Å²) >= 11 is 0. The molecular formula is C35H45F4N3O5. The van der Waals surface area contributed by atoms with Crippen molar-refractivity contribution in [2.24, 2.45) is 5.92 Å². The van der Waals surface area contributed by atoms with Gasteiger partial charge in [-0.3, -0.25) is 9.69 Å².